The molecule has 6 unspecified atom stereocenters. The summed E-state index contributed by atoms with van der Waals surface area (Å²) >= 11 is 0. The standard InChI is InChI=1S/C48H94O12S/c1-3-5-7-9-11-13-15-17-19-21-22-24-26-28-30-32-34-36-38-56-40-42(41-57-48-46(52)47(60-61(53,54)55)45(51)43(39-49)59-48)58-44(50)37-35-33-31-29-27-25-23-20-18-16-14-12-10-8-6-4-2/h42-43,45-49,51-52H,3-41H2,1-2H3,(H,53,54,55). The van der Waals surface area contributed by atoms with Crippen LogP contribution in [0.25, 0.3) is 0 Å². The number of aliphatic hydroxyl groups is 3. The SMILES string of the molecule is CCCCCCCCCCCCCCCCCCCCOCC(COC1OC(CO)C(O)C(OS(=O)(=O)O)C1O)OC(=O)CCCCCCCCCCCCCCCCCC. The molecule has 0 aromatic carbocycles. The molecule has 61 heavy (non-hydrogen) atoms. The molecule has 0 aromatic rings. The van der Waals surface area contributed by atoms with Gasteiger partial charge in [0.1, 0.15) is 30.5 Å². The van der Waals surface area contributed by atoms with Crippen LogP contribution in [-0.4, -0.2) is 97.5 Å². The first-order chi connectivity index (χ1) is 29.6. The van der Waals surface area contributed by atoms with Crippen molar-refractivity contribution in [3.05, 3.63) is 0 Å². The van der Waals surface area contributed by atoms with E-state index in [0.29, 0.717) is 13.0 Å². The van der Waals surface area contributed by atoms with Crippen LogP contribution in [0, 0.1) is 0 Å². The summed E-state index contributed by atoms with van der Waals surface area (Å²) in [5.74, 6) is -0.392. The molecular formula is C48H94O12S. The van der Waals surface area contributed by atoms with Crippen LogP contribution in [0.15, 0.2) is 0 Å². The van der Waals surface area contributed by atoms with E-state index in [1.165, 1.54) is 173 Å². The minimum Gasteiger partial charge on any atom is -0.457 e. The van der Waals surface area contributed by atoms with E-state index >= 15 is 0 Å². The lowest BCUT2D eigenvalue weighted by molar-refractivity contribution is -0.301. The number of unbranched alkanes of at least 4 members (excludes halogenated alkanes) is 32. The number of rotatable bonds is 45. The molecule has 1 fully saturated rings. The van der Waals surface area contributed by atoms with Crippen molar-refractivity contribution in [3.63, 3.8) is 0 Å². The number of aliphatic hydroxyl groups excluding tert-OH is 3. The molecule has 0 amide bonds. The van der Waals surface area contributed by atoms with E-state index in [0.717, 1.165) is 38.5 Å². The quantitative estimate of drug-likeness (QED) is 0.0259. The highest BCUT2D eigenvalue weighted by molar-refractivity contribution is 7.80. The molecular weight excluding hydrogens is 801 g/mol. The molecule has 0 spiro atoms. The Bertz CT molecular complexity index is 1080. The molecule has 1 aliphatic heterocycles. The number of carbonyl (C=O) groups is 1. The van der Waals surface area contributed by atoms with Crippen LogP contribution in [0.3, 0.4) is 0 Å². The molecule has 13 heteroatoms. The Morgan fingerprint density at radius 3 is 1.31 bits per heavy atom. The first kappa shape index (κ1) is 58.1. The first-order valence-corrected chi connectivity index (χ1v) is 26.7. The van der Waals surface area contributed by atoms with Crippen molar-refractivity contribution in [2.75, 3.05) is 26.4 Å². The minimum absolute atomic E-state index is 0.0451. The zero-order valence-electron chi connectivity index (χ0n) is 39.0. The maximum Gasteiger partial charge on any atom is 0.397 e. The topological polar surface area (TPSA) is 178 Å². The van der Waals surface area contributed by atoms with Gasteiger partial charge in [0.05, 0.1) is 19.8 Å². The average Bonchev–Trinajstić information content (AvgIpc) is 3.23. The van der Waals surface area contributed by atoms with Gasteiger partial charge in [-0.2, -0.15) is 8.42 Å². The van der Waals surface area contributed by atoms with Gasteiger partial charge in [0.25, 0.3) is 0 Å². The minimum atomic E-state index is -5.06. The zero-order valence-corrected chi connectivity index (χ0v) is 39.8. The normalized spacial score (nSPS) is 20.0. The Hall–Kier alpha value is -0.900. The van der Waals surface area contributed by atoms with E-state index in [1.807, 2.05) is 0 Å². The Kier molecular flexibility index (Phi) is 38.7. The Morgan fingerprint density at radius 1 is 0.557 bits per heavy atom. The predicted molar refractivity (Wildman–Crippen MR) is 244 cm³/mol. The van der Waals surface area contributed by atoms with Gasteiger partial charge in [0.2, 0.25) is 0 Å². The molecule has 4 N–H and O–H groups in total. The summed E-state index contributed by atoms with van der Waals surface area (Å²) in [6.45, 7) is 4.05. The molecule has 6 atom stereocenters. The molecule has 0 aromatic heterocycles. The van der Waals surface area contributed by atoms with Gasteiger partial charge >= 0.3 is 16.4 Å². The molecule has 364 valence electrons. The van der Waals surface area contributed by atoms with E-state index in [9.17, 15) is 33.1 Å². The maximum atomic E-state index is 12.9. The second-order valence-electron chi connectivity index (χ2n) is 17.8. The maximum absolute atomic E-state index is 12.9. The number of hydrogen-bond acceptors (Lipinski definition) is 11. The van der Waals surface area contributed by atoms with Gasteiger partial charge < -0.3 is 34.3 Å². The first-order valence-electron chi connectivity index (χ1n) is 25.3. The Balaban J connectivity index is 2.35. The molecule has 0 aliphatic carbocycles. The van der Waals surface area contributed by atoms with Gasteiger partial charge in [-0.05, 0) is 12.8 Å². The lowest BCUT2D eigenvalue weighted by Crippen LogP contribution is -2.60. The van der Waals surface area contributed by atoms with Crippen molar-refractivity contribution in [2.24, 2.45) is 0 Å². The lowest BCUT2D eigenvalue weighted by atomic mass is 9.99. The Morgan fingerprint density at radius 2 is 0.934 bits per heavy atom. The smallest absolute Gasteiger partial charge is 0.397 e. The monoisotopic (exact) mass is 895 g/mol. The van der Waals surface area contributed by atoms with Gasteiger partial charge in [-0.25, -0.2) is 4.18 Å². The summed E-state index contributed by atoms with van der Waals surface area (Å²) in [6.07, 6.45) is 34.2. The van der Waals surface area contributed by atoms with Crippen LogP contribution in [0.5, 0.6) is 0 Å². The molecule has 1 rings (SSSR count). The fourth-order valence-electron chi connectivity index (χ4n) is 8.15. The molecule has 0 saturated carbocycles. The van der Waals surface area contributed by atoms with E-state index in [-0.39, 0.29) is 19.6 Å². The largest absolute Gasteiger partial charge is 0.457 e. The third-order valence-electron chi connectivity index (χ3n) is 12.0. The summed E-state index contributed by atoms with van der Waals surface area (Å²) in [5, 5.41) is 30.7. The van der Waals surface area contributed by atoms with Crippen LogP contribution in [0.1, 0.15) is 239 Å². The number of esters is 1. The van der Waals surface area contributed by atoms with Crippen molar-refractivity contribution in [1.29, 1.82) is 0 Å². The summed E-state index contributed by atoms with van der Waals surface area (Å²) < 4.78 is 59.2. The van der Waals surface area contributed by atoms with Gasteiger partial charge in [0, 0.05) is 13.0 Å². The second-order valence-corrected chi connectivity index (χ2v) is 18.8. The molecule has 0 bridgehead atoms. The average molecular weight is 895 g/mol. The van der Waals surface area contributed by atoms with Crippen molar-refractivity contribution >= 4 is 16.4 Å². The van der Waals surface area contributed by atoms with Crippen LogP contribution in [0.4, 0.5) is 0 Å². The molecule has 1 saturated heterocycles. The van der Waals surface area contributed by atoms with E-state index in [2.05, 4.69) is 18.0 Å². The van der Waals surface area contributed by atoms with Crippen molar-refractivity contribution < 1.29 is 56.2 Å². The molecule has 1 aliphatic rings. The third kappa shape index (κ3) is 34.2. The number of carbonyl (C=O) groups excluding carboxylic acids is 1. The number of hydrogen-bond donors (Lipinski definition) is 4. The molecule has 1 heterocycles. The fourth-order valence-corrected chi connectivity index (χ4v) is 8.65. The van der Waals surface area contributed by atoms with Crippen LogP contribution in [0.2, 0.25) is 0 Å². The van der Waals surface area contributed by atoms with Gasteiger partial charge in [-0.1, -0.05) is 219 Å². The third-order valence-corrected chi connectivity index (χ3v) is 12.4. The molecule has 12 nitrogen and oxygen atoms in total. The van der Waals surface area contributed by atoms with E-state index in [1.54, 1.807) is 0 Å². The second kappa shape index (κ2) is 40.6. The summed E-state index contributed by atoms with van der Waals surface area (Å²) in [7, 11) is -5.06. The summed E-state index contributed by atoms with van der Waals surface area (Å²) in [5.41, 5.74) is 0. The van der Waals surface area contributed by atoms with Crippen molar-refractivity contribution in [1.82, 2.24) is 0 Å². The van der Waals surface area contributed by atoms with Crippen LogP contribution < -0.4 is 0 Å². The van der Waals surface area contributed by atoms with Gasteiger partial charge in [-0.3, -0.25) is 9.35 Å². The summed E-state index contributed by atoms with van der Waals surface area (Å²) in [4.78, 5) is 12.9. The van der Waals surface area contributed by atoms with Crippen LogP contribution >= 0.6 is 0 Å². The highest BCUT2D eigenvalue weighted by atomic mass is 32.3. The van der Waals surface area contributed by atoms with E-state index in [4.69, 9.17) is 18.9 Å². The van der Waals surface area contributed by atoms with Crippen molar-refractivity contribution in [2.45, 2.75) is 275 Å². The molecule has 0 radical (unpaired) electrons. The lowest BCUT2D eigenvalue weighted by Gasteiger charge is -2.41. The Labute approximate surface area is 373 Å². The van der Waals surface area contributed by atoms with E-state index < -0.39 is 59.8 Å². The van der Waals surface area contributed by atoms with Gasteiger partial charge in [0.15, 0.2) is 6.29 Å². The predicted octanol–water partition coefficient (Wildman–Crippen LogP) is 11.3. The highest BCUT2D eigenvalue weighted by Crippen LogP contribution is 2.26. The number of ether oxygens (including phenoxy) is 4. The highest BCUT2D eigenvalue weighted by Gasteiger charge is 2.48. The summed E-state index contributed by atoms with van der Waals surface area (Å²) in [6, 6.07) is 0. The van der Waals surface area contributed by atoms with Gasteiger partial charge in [-0.15, -0.1) is 0 Å². The zero-order chi connectivity index (χ0) is 44.7. The van der Waals surface area contributed by atoms with Crippen LogP contribution in [-0.2, 0) is 38.3 Å². The van der Waals surface area contributed by atoms with Crippen molar-refractivity contribution in [3.8, 4) is 0 Å². The fraction of sp³-hybridized carbons (Fsp3) is 0.979.